The quantitative estimate of drug-likeness (QED) is 0.795. The highest BCUT2D eigenvalue weighted by atomic mass is 32.2. The number of rotatable bonds is 6. The lowest BCUT2D eigenvalue weighted by Gasteiger charge is -2.18. The van der Waals surface area contributed by atoms with Gasteiger partial charge in [0.2, 0.25) is 0 Å². The van der Waals surface area contributed by atoms with Gasteiger partial charge in [0.1, 0.15) is 5.75 Å². The van der Waals surface area contributed by atoms with Crippen LogP contribution in [0.1, 0.15) is 44.6 Å². The van der Waals surface area contributed by atoms with E-state index in [-0.39, 0.29) is 0 Å². The Balaban J connectivity index is 3.29. The Labute approximate surface area is 110 Å². The van der Waals surface area contributed by atoms with Crippen LogP contribution in [0.3, 0.4) is 0 Å². The summed E-state index contributed by atoms with van der Waals surface area (Å²) in [6, 6.07) is 5.12. The van der Waals surface area contributed by atoms with E-state index in [0.717, 1.165) is 30.6 Å². The fourth-order valence-electron chi connectivity index (χ4n) is 2.19. The van der Waals surface area contributed by atoms with Crippen molar-refractivity contribution in [3.05, 3.63) is 23.8 Å². The minimum atomic E-state index is -3.16. The molecule has 18 heavy (non-hydrogen) atoms. The number of hydrogen-bond acceptors (Lipinski definition) is 3. The molecule has 0 bridgehead atoms. The van der Waals surface area contributed by atoms with Crippen molar-refractivity contribution in [2.75, 3.05) is 13.4 Å². The van der Waals surface area contributed by atoms with Gasteiger partial charge in [-0.25, -0.2) is 8.42 Å². The zero-order valence-corrected chi connectivity index (χ0v) is 12.4. The second-order valence-corrected chi connectivity index (χ2v) is 6.59. The summed E-state index contributed by atoms with van der Waals surface area (Å²) in [7, 11) is -1.54. The molecule has 102 valence electrons. The van der Waals surface area contributed by atoms with Crippen molar-refractivity contribution in [2.24, 2.45) is 0 Å². The van der Waals surface area contributed by atoms with Crippen molar-refractivity contribution in [3.8, 4) is 5.75 Å². The number of ether oxygens (including phenoxy) is 1. The largest absolute Gasteiger partial charge is 0.496 e. The predicted molar refractivity (Wildman–Crippen MR) is 74.0 cm³/mol. The van der Waals surface area contributed by atoms with Crippen molar-refractivity contribution in [2.45, 2.75) is 43.9 Å². The smallest absolute Gasteiger partial charge is 0.175 e. The average Bonchev–Trinajstić information content (AvgIpc) is 2.34. The first-order chi connectivity index (χ1) is 8.43. The molecule has 0 aliphatic heterocycles. The Morgan fingerprint density at radius 2 is 1.94 bits per heavy atom. The molecule has 1 aromatic carbocycles. The Morgan fingerprint density at radius 3 is 2.39 bits per heavy atom. The summed E-state index contributed by atoms with van der Waals surface area (Å²) in [5.74, 6) is 1.13. The minimum absolute atomic E-state index is 0.353. The fourth-order valence-corrected chi connectivity index (χ4v) is 2.85. The molecule has 0 saturated carbocycles. The highest BCUT2D eigenvalue weighted by molar-refractivity contribution is 7.90. The molecule has 1 unspecified atom stereocenters. The molecule has 4 heteroatoms. The summed E-state index contributed by atoms with van der Waals surface area (Å²) in [4.78, 5) is 0.368. The Morgan fingerprint density at radius 1 is 1.28 bits per heavy atom. The summed E-state index contributed by atoms with van der Waals surface area (Å²) in [6.07, 6.45) is 4.33. The molecule has 0 N–H and O–H groups in total. The van der Waals surface area contributed by atoms with Crippen LogP contribution in [0.2, 0.25) is 0 Å². The molecule has 0 aromatic heterocycles. The monoisotopic (exact) mass is 270 g/mol. The van der Waals surface area contributed by atoms with E-state index in [2.05, 4.69) is 13.8 Å². The summed E-state index contributed by atoms with van der Waals surface area (Å²) in [5, 5.41) is 0. The summed E-state index contributed by atoms with van der Waals surface area (Å²) in [5.41, 5.74) is 1.00. The van der Waals surface area contributed by atoms with E-state index in [4.69, 9.17) is 4.74 Å². The molecule has 0 heterocycles. The van der Waals surface area contributed by atoms with Gasteiger partial charge in [-0.3, -0.25) is 0 Å². The maximum atomic E-state index is 11.6. The fraction of sp³-hybridized carbons (Fsp3) is 0.571. The van der Waals surface area contributed by atoms with Crippen molar-refractivity contribution in [3.63, 3.8) is 0 Å². The molecule has 1 rings (SSSR count). The molecule has 1 atom stereocenters. The van der Waals surface area contributed by atoms with E-state index in [1.165, 1.54) is 6.26 Å². The number of sulfone groups is 1. The van der Waals surface area contributed by atoms with E-state index < -0.39 is 9.84 Å². The normalized spacial score (nSPS) is 13.3. The van der Waals surface area contributed by atoms with E-state index in [0.29, 0.717) is 10.8 Å². The van der Waals surface area contributed by atoms with Gasteiger partial charge in [-0.1, -0.05) is 20.3 Å². The first-order valence-corrected chi connectivity index (χ1v) is 8.21. The van der Waals surface area contributed by atoms with Crippen LogP contribution >= 0.6 is 0 Å². The van der Waals surface area contributed by atoms with Gasteiger partial charge in [-0.05, 0) is 42.5 Å². The lowest BCUT2D eigenvalue weighted by Crippen LogP contribution is -2.04. The second-order valence-electron chi connectivity index (χ2n) is 4.57. The van der Waals surface area contributed by atoms with Crippen LogP contribution in [0.25, 0.3) is 0 Å². The van der Waals surface area contributed by atoms with Gasteiger partial charge in [0, 0.05) is 6.26 Å². The number of methoxy groups -OCH3 is 1. The maximum Gasteiger partial charge on any atom is 0.175 e. The third-order valence-electron chi connectivity index (χ3n) is 3.20. The van der Waals surface area contributed by atoms with Crippen molar-refractivity contribution < 1.29 is 13.2 Å². The van der Waals surface area contributed by atoms with Crippen LogP contribution < -0.4 is 4.74 Å². The summed E-state index contributed by atoms with van der Waals surface area (Å²) >= 11 is 0. The first-order valence-electron chi connectivity index (χ1n) is 6.32. The first kappa shape index (κ1) is 15.0. The van der Waals surface area contributed by atoms with Crippen LogP contribution in [-0.4, -0.2) is 21.8 Å². The Kier molecular flexibility index (Phi) is 5.20. The van der Waals surface area contributed by atoms with Crippen LogP contribution in [0.5, 0.6) is 5.75 Å². The van der Waals surface area contributed by atoms with Gasteiger partial charge in [0.05, 0.1) is 12.0 Å². The molecule has 0 amide bonds. The SMILES string of the molecule is CCCC(CC)c1cc(S(C)(=O)=O)ccc1OC. The summed E-state index contributed by atoms with van der Waals surface area (Å²) < 4.78 is 28.6. The Hall–Kier alpha value is -1.03. The minimum Gasteiger partial charge on any atom is -0.496 e. The molecule has 1 aromatic rings. The van der Waals surface area contributed by atoms with Gasteiger partial charge in [-0.2, -0.15) is 0 Å². The predicted octanol–water partition coefficient (Wildman–Crippen LogP) is 3.39. The van der Waals surface area contributed by atoms with Crippen molar-refractivity contribution >= 4 is 9.84 Å². The molecule has 0 radical (unpaired) electrons. The molecular weight excluding hydrogens is 248 g/mol. The highest BCUT2D eigenvalue weighted by Crippen LogP contribution is 2.34. The zero-order valence-electron chi connectivity index (χ0n) is 11.6. The van der Waals surface area contributed by atoms with Crippen LogP contribution in [-0.2, 0) is 9.84 Å². The number of hydrogen-bond donors (Lipinski definition) is 0. The molecule has 0 fully saturated rings. The molecule has 0 saturated heterocycles. The van der Waals surface area contributed by atoms with Gasteiger partial charge in [0.15, 0.2) is 9.84 Å². The lowest BCUT2D eigenvalue weighted by molar-refractivity contribution is 0.401. The Bertz CT molecular complexity index is 492. The highest BCUT2D eigenvalue weighted by Gasteiger charge is 2.17. The van der Waals surface area contributed by atoms with Crippen LogP contribution in [0, 0.1) is 0 Å². The lowest BCUT2D eigenvalue weighted by atomic mass is 9.91. The summed E-state index contributed by atoms with van der Waals surface area (Å²) in [6.45, 7) is 4.25. The number of benzene rings is 1. The molecule has 0 aliphatic carbocycles. The van der Waals surface area contributed by atoms with Crippen LogP contribution in [0.4, 0.5) is 0 Å². The van der Waals surface area contributed by atoms with Gasteiger partial charge in [0.25, 0.3) is 0 Å². The zero-order chi connectivity index (χ0) is 13.8. The van der Waals surface area contributed by atoms with Gasteiger partial charge >= 0.3 is 0 Å². The van der Waals surface area contributed by atoms with Gasteiger partial charge < -0.3 is 4.74 Å². The maximum absolute atomic E-state index is 11.6. The van der Waals surface area contributed by atoms with E-state index in [9.17, 15) is 8.42 Å². The standard InChI is InChI=1S/C14H22O3S/c1-5-7-11(6-2)13-10-12(18(4,15)16)8-9-14(13)17-3/h8-11H,5-7H2,1-4H3. The molecule has 0 aliphatic rings. The van der Waals surface area contributed by atoms with E-state index in [1.54, 1.807) is 25.3 Å². The topological polar surface area (TPSA) is 43.4 Å². The van der Waals surface area contributed by atoms with Gasteiger partial charge in [-0.15, -0.1) is 0 Å². The second kappa shape index (κ2) is 6.23. The van der Waals surface area contributed by atoms with Crippen LogP contribution in [0.15, 0.2) is 23.1 Å². The van der Waals surface area contributed by atoms with Crippen molar-refractivity contribution in [1.29, 1.82) is 0 Å². The van der Waals surface area contributed by atoms with E-state index >= 15 is 0 Å². The molecular formula is C14H22O3S. The third kappa shape index (κ3) is 3.48. The third-order valence-corrected chi connectivity index (χ3v) is 4.31. The average molecular weight is 270 g/mol. The molecule has 3 nitrogen and oxygen atoms in total. The van der Waals surface area contributed by atoms with Crippen molar-refractivity contribution in [1.82, 2.24) is 0 Å². The van der Waals surface area contributed by atoms with E-state index in [1.807, 2.05) is 0 Å². The molecule has 0 spiro atoms.